The molecule has 0 spiro atoms. The third-order valence-electron chi connectivity index (χ3n) is 5.00. The second-order valence-corrected chi connectivity index (χ2v) is 6.42. The first-order valence-electron chi connectivity index (χ1n) is 8.49. The van der Waals surface area contributed by atoms with E-state index in [0.29, 0.717) is 0 Å². The zero-order chi connectivity index (χ0) is 16.5. The Labute approximate surface area is 141 Å². The van der Waals surface area contributed by atoms with Gasteiger partial charge in [0.1, 0.15) is 5.82 Å². The van der Waals surface area contributed by atoms with Crippen molar-refractivity contribution in [2.24, 2.45) is 0 Å². The SMILES string of the molecule is Cc1nccnc1N1CCN(C(=O)C2CCc3cccnc32)CC1. The third kappa shape index (κ3) is 2.62. The predicted molar refractivity (Wildman–Crippen MR) is 90.9 cm³/mol. The van der Waals surface area contributed by atoms with E-state index in [1.165, 1.54) is 5.56 Å². The maximum Gasteiger partial charge on any atom is 0.231 e. The summed E-state index contributed by atoms with van der Waals surface area (Å²) in [5.74, 6) is 1.09. The summed E-state index contributed by atoms with van der Waals surface area (Å²) in [6.45, 7) is 5.03. The molecule has 2 aromatic heterocycles. The van der Waals surface area contributed by atoms with Crippen LogP contribution in [-0.2, 0) is 11.2 Å². The summed E-state index contributed by atoms with van der Waals surface area (Å²) in [5, 5.41) is 0. The molecule has 6 nitrogen and oxygen atoms in total. The second-order valence-electron chi connectivity index (χ2n) is 6.42. The molecule has 0 bridgehead atoms. The molecule has 0 saturated carbocycles. The fraction of sp³-hybridized carbons (Fsp3) is 0.444. The van der Waals surface area contributed by atoms with Crippen molar-refractivity contribution in [3.05, 3.63) is 47.7 Å². The Bertz CT molecular complexity index is 755. The maximum atomic E-state index is 12.9. The maximum absolute atomic E-state index is 12.9. The summed E-state index contributed by atoms with van der Waals surface area (Å²) < 4.78 is 0. The lowest BCUT2D eigenvalue weighted by atomic mass is 10.0. The normalized spacial score (nSPS) is 20.1. The highest BCUT2D eigenvalue weighted by molar-refractivity contribution is 5.84. The molecule has 3 heterocycles. The fourth-order valence-corrected chi connectivity index (χ4v) is 3.72. The molecule has 1 fully saturated rings. The Morgan fingerprint density at radius 3 is 2.67 bits per heavy atom. The van der Waals surface area contributed by atoms with Gasteiger partial charge in [-0.2, -0.15) is 0 Å². The van der Waals surface area contributed by atoms with Crippen LogP contribution in [0.4, 0.5) is 5.82 Å². The minimum Gasteiger partial charge on any atom is -0.352 e. The number of carbonyl (C=O) groups excluding carboxylic acids is 1. The molecular weight excluding hydrogens is 302 g/mol. The summed E-state index contributed by atoms with van der Waals surface area (Å²) in [5.41, 5.74) is 3.14. The van der Waals surface area contributed by atoms with Crippen LogP contribution in [0, 0.1) is 6.92 Å². The van der Waals surface area contributed by atoms with Crippen molar-refractivity contribution < 1.29 is 4.79 Å². The molecule has 1 unspecified atom stereocenters. The number of anilines is 1. The van der Waals surface area contributed by atoms with Gasteiger partial charge in [0.05, 0.1) is 17.3 Å². The number of hydrogen-bond acceptors (Lipinski definition) is 5. The van der Waals surface area contributed by atoms with Crippen molar-refractivity contribution in [2.45, 2.75) is 25.7 Å². The Balaban J connectivity index is 1.43. The molecule has 24 heavy (non-hydrogen) atoms. The van der Waals surface area contributed by atoms with Gasteiger partial charge in [0.15, 0.2) is 0 Å². The van der Waals surface area contributed by atoms with Crippen molar-refractivity contribution in [3.8, 4) is 0 Å². The van der Waals surface area contributed by atoms with Gasteiger partial charge in [0.25, 0.3) is 0 Å². The highest BCUT2D eigenvalue weighted by Crippen LogP contribution is 2.33. The summed E-state index contributed by atoms with van der Waals surface area (Å²) in [4.78, 5) is 30.3. The number of rotatable bonds is 2. The smallest absolute Gasteiger partial charge is 0.231 e. The molecule has 0 aromatic carbocycles. The van der Waals surface area contributed by atoms with Crippen molar-refractivity contribution in [2.75, 3.05) is 31.1 Å². The van der Waals surface area contributed by atoms with Crippen LogP contribution in [0.5, 0.6) is 0 Å². The van der Waals surface area contributed by atoms with E-state index in [9.17, 15) is 4.79 Å². The second kappa shape index (κ2) is 6.19. The Kier molecular flexibility index (Phi) is 3.88. The summed E-state index contributed by atoms with van der Waals surface area (Å²) in [6, 6.07) is 4.04. The Hall–Kier alpha value is -2.50. The molecule has 2 aromatic rings. The van der Waals surface area contributed by atoms with Gasteiger partial charge in [-0.3, -0.25) is 14.8 Å². The fourth-order valence-electron chi connectivity index (χ4n) is 3.72. The largest absolute Gasteiger partial charge is 0.352 e. The van der Waals surface area contributed by atoms with Crippen molar-refractivity contribution in [1.82, 2.24) is 19.9 Å². The highest BCUT2D eigenvalue weighted by Gasteiger charge is 2.34. The molecular formula is C18H21N5O. The summed E-state index contributed by atoms with van der Waals surface area (Å²) >= 11 is 0. The quantitative estimate of drug-likeness (QED) is 0.839. The van der Waals surface area contributed by atoms with E-state index in [0.717, 1.165) is 56.2 Å². The van der Waals surface area contributed by atoms with Gasteiger partial charge in [-0.25, -0.2) is 4.98 Å². The zero-order valence-corrected chi connectivity index (χ0v) is 13.9. The van der Waals surface area contributed by atoms with Crippen LogP contribution in [0.3, 0.4) is 0 Å². The predicted octanol–water partition coefficient (Wildman–Crippen LogP) is 1.56. The number of hydrogen-bond donors (Lipinski definition) is 0. The van der Waals surface area contributed by atoms with Gasteiger partial charge in [0.2, 0.25) is 5.91 Å². The molecule has 124 valence electrons. The van der Waals surface area contributed by atoms with Crippen LogP contribution in [0.2, 0.25) is 0 Å². The van der Waals surface area contributed by atoms with E-state index in [1.54, 1.807) is 18.6 Å². The van der Waals surface area contributed by atoms with E-state index in [2.05, 4.69) is 25.9 Å². The molecule has 1 aliphatic carbocycles. The van der Waals surface area contributed by atoms with Crippen molar-refractivity contribution >= 4 is 11.7 Å². The molecule has 1 aliphatic heterocycles. The summed E-state index contributed by atoms with van der Waals surface area (Å²) in [6.07, 6.45) is 7.07. The average Bonchev–Trinajstić information content (AvgIpc) is 3.06. The zero-order valence-electron chi connectivity index (χ0n) is 13.9. The molecule has 0 N–H and O–H groups in total. The number of aryl methyl sites for hydroxylation is 2. The number of amides is 1. The number of fused-ring (bicyclic) bond motifs is 1. The Morgan fingerprint density at radius 1 is 1.08 bits per heavy atom. The van der Waals surface area contributed by atoms with Crippen LogP contribution < -0.4 is 4.90 Å². The lowest BCUT2D eigenvalue weighted by Gasteiger charge is -2.36. The van der Waals surface area contributed by atoms with Gasteiger partial charge in [-0.15, -0.1) is 0 Å². The van der Waals surface area contributed by atoms with Gasteiger partial charge >= 0.3 is 0 Å². The number of aromatic nitrogens is 3. The van der Waals surface area contributed by atoms with Crippen LogP contribution in [0.25, 0.3) is 0 Å². The van der Waals surface area contributed by atoms with E-state index in [4.69, 9.17) is 0 Å². The average molecular weight is 323 g/mol. The standard InChI is InChI=1S/C18H21N5O/c1-13-17(21-8-7-19-13)22-9-11-23(12-10-22)18(24)15-5-4-14-3-2-6-20-16(14)15/h2-3,6-8,15H,4-5,9-12H2,1H3. The topological polar surface area (TPSA) is 62.2 Å². The van der Waals surface area contributed by atoms with E-state index >= 15 is 0 Å². The molecule has 1 atom stereocenters. The van der Waals surface area contributed by atoms with Crippen LogP contribution in [-0.4, -0.2) is 51.9 Å². The molecule has 2 aliphatic rings. The first-order chi connectivity index (χ1) is 11.7. The highest BCUT2D eigenvalue weighted by atomic mass is 16.2. The van der Waals surface area contributed by atoms with Gasteiger partial charge in [0, 0.05) is 44.8 Å². The number of piperazine rings is 1. The minimum absolute atomic E-state index is 0.0639. The minimum atomic E-state index is -0.0639. The monoisotopic (exact) mass is 323 g/mol. The third-order valence-corrected chi connectivity index (χ3v) is 5.00. The van der Waals surface area contributed by atoms with E-state index in [-0.39, 0.29) is 11.8 Å². The molecule has 0 radical (unpaired) electrons. The van der Waals surface area contributed by atoms with E-state index in [1.807, 2.05) is 17.9 Å². The number of nitrogens with zero attached hydrogens (tertiary/aromatic N) is 5. The number of pyridine rings is 1. The van der Waals surface area contributed by atoms with Gasteiger partial charge in [-0.05, 0) is 31.4 Å². The first kappa shape index (κ1) is 15.1. The lowest BCUT2D eigenvalue weighted by molar-refractivity contribution is -0.133. The number of carbonyl (C=O) groups is 1. The van der Waals surface area contributed by atoms with Gasteiger partial charge in [-0.1, -0.05) is 6.07 Å². The van der Waals surface area contributed by atoms with Crippen LogP contribution >= 0.6 is 0 Å². The Morgan fingerprint density at radius 2 is 1.88 bits per heavy atom. The van der Waals surface area contributed by atoms with Gasteiger partial charge < -0.3 is 9.80 Å². The van der Waals surface area contributed by atoms with Crippen LogP contribution in [0.15, 0.2) is 30.7 Å². The van der Waals surface area contributed by atoms with Crippen molar-refractivity contribution in [3.63, 3.8) is 0 Å². The van der Waals surface area contributed by atoms with E-state index < -0.39 is 0 Å². The molecule has 1 saturated heterocycles. The molecule has 4 rings (SSSR count). The molecule has 1 amide bonds. The van der Waals surface area contributed by atoms with Crippen LogP contribution in [0.1, 0.15) is 29.3 Å². The first-order valence-corrected chi connectivity index (χ1v) is 8.49. The summed E-state index contributed by atoms with van der Waals surface area (Å²) in [7, 11) is 0. The lowest BCUT2D eigenvalue weighted by Crippen LogP contribution is -2.50. The van der Waals surface area contributed by atoms with Crippen molar-refractivity contribution in [1.29, 1.82) is 0 Å². The molecule has 6 heteroatoms.